The topological polar surface area (TPSA) is 54.9 Å². The summed E-state index contributed by atoms with van der Waals surface area (Å²) in [5.41, 5.74) is 0. The van der Waals surface area contributed by atoms with Crippen LogP contribution in [0.25, 0.3) is 0 Å². The summed E-state index contributed by atoms with van der Waals surface area (Å²) in [4.78, 5) is 12.8. The minimum atomic E-state index is -0.0567. The zero-order chi connectivity index (χ0) is 13.0. The van der Waals surface area contributed by atoms with E-state index in [2.05, 4.69) is 15.5 Å². The molecule has 8 heteroatoms. The number of carbonyl (C=O) groups excluding carboxylic acids is 1. The van der Waals surface area contributed by atoms with Crippen LogP contribution in [0.5, 0.6) is 0 Å². The zero-order valence-corrected chi connectivity index (χ0v) is 12.7. The average molecular weight is 320 g/mol. The molecule has 0 bridgehead atoms. The minimum absolute atomic E-state index is 0.0567. The highest BCUT2D eigenvalue weighted by atomic mass is 35.5. The summed E-state index contributed by atoms with van der Waals surface area (Å²) in [5, 5.41) is 11.8. The van der Waals surface area contributed by atoms with E-state index >= 15 is 0 Å². The maximum atomic E-state index is 11.6. The molecule has 0 aliphatic carbocycles. The van der Waals surface area contributed by atoms with Crippen molar-refractivity contribution < 1.29 is 4.79 Å². The van der Waals surface area contributed by atoms with Crippen LogP contribution >= 0.6 is 46.0 Å². The molecule has 0 unspecified atom stereocenters. The van der Waals surface area contributed by atoms with Gasteiger partial charge in [-0.15, -0.1) is 33.3 Å². The molecule has 0 aliphatic rings. The lowest BCUT2D eigenvalue weighted by atomic mass is 10.5. The van der Waals surface area contributed by atoms with Gasteiger partial charge in [0.05, 0.1) is 10.1 Å². The van der Waals surface area contributed by atoms with Crippen LogP contribution in [0.4, 0.5) is 5.13 Å². The van der Waals surface area contributed by atoms with Gasteiger partial charge in [-0.2, -0.15) is 0 Å². The van der Waals surface area contributed by atoms with Crippen molar-refractivity contribution in [3.63, 3.8) is 0 Å². The van der Waals surface area contributed by atoms with Gasteiger partial charge in [0, 0.05) is 10.6 Å². The number of thioether (sulfide) groups is 1. The maximum Gasteiger partial charge on any atom is 0.236 e. The van der Waals surface area contributed by atoms with E-state index in [1.807, 2.05) is 19.1 Å². The molecule has 1 amide bonds. The van der Waals surface area contributed by atoms with Gasteiger partial charge in [-0.25, -0.2) is 0 Å². The van der Waals surface area contributed by atoms with Crippen LogP contribution in [0.2, 0.25) is 4.34 Å². The third-order valence-corrected chi connectivity index (χ3v) is 5.03. The van der Waals surface area contributed by atoms with Crippen molar-refractivity contribution in [1.29, 1.82) is 0 Å². The van der Waals surface area contributed by atoms with E-state index in [4.69, 9.17) is 11.6 Å². The summed E-state index contributed by atoms with van der Waals surface area (Å²) < 4.78 is 0.777. The Balaban J connectivity index is 1.72. The first-order chi connectivity index (χ1) is 8.63. The van der Waals surface area contributed by atoms with E-state index in [-0.39, 0.29) is 5.91 Å². The maximum absolute atomic E-state index is 11.6. The van der Waals surface area contributed by atoms with Gasteiger partial charge in [0.1, 0.15) is 5.01 Å². The molecule has 18 heavy (non-hydrogen) atoms. The van der Waals surface area contributed by atoms with E-state index < -0.39 is 0 Å². The van der Waals surface area contributed by atoms with Crippen LogP contribution < -0.4 is 5.32 Å². The largest absolute Gasteiger partial charge is 0.300 e. The molecular weight excluding hydrogens is 310 g/mol. The van der Waals surface area contributed by atoms with Gasteiger partial charge < -0.3 is 0 Å². The molecule has 0 radical (unpaired) electrons. The Bertz CT molecular complexity index is 540. The van der Waals surface area contributed by atoms with Gasteiger partial charge in [-0.1, -0.05) is 22.9 Å². The lowest BCUT2D eigenvalue weighted by Gasteiger charge is -2.00. The smallest absolute Gasteiger partial charge is 0.236 e. The highest BCUT2D eigenvalue weighted by molar-refractivity contribution is 7.99. The lowest BCUT2D eigenvalue weighted by Crippen LogP contribution is -2.13. The van der Waals surface area contributed by atoms with E-state index in [0.717, 1.165) is 15.1 Å². The predicted molar refractivity (Wildman–Crippen MR) is 78.8 cm³/mol. The standard InChI is InChI=1S/C10H10ClN3OS3/c1-6-13-14-10(17-6)12-9(15)5-16-4-7-2-3-8(11)18-7/h2-3H,4-5H2,1H3,(H,12,14,15). The summed E-state index contributed by atoms with van der Waals surface area (Å²) in [6.07, 6.45) is 0. The molecule has 96 valence electrons. The lowest BCUT2D eigenvalue weighted by molar-refractivity contribution is -0.113. The number of aromatic nitrogens is 2. The molecule has 0 aromatic carbocycles. The first-order valence-electron chi connectivity index (χ1n) is 5.05. The Labute approximate surface area is 122 Å². The van der Waals surface area contributed by atoms with Crippen molar-refractivity contribution in [2.24, 2.45) is 0 Å². The number of hydrogen-bond donors (Lipinski definition) is 1. The molecule has 1 N–H and O–H groups in total. The first-order valence-corrected chi connectivity index (χ1v) is 8.22. The molecule has 2 aromatic rings. The first kappa shape index (κ1) is 13.8. The second-order valence-corrected chi connectivity index (χ2v) is 7.34. The SMILES string of the molecule is Cc1nnc(NC(=O)CSCc2ccc(Cl)s2)s1. The fourth-order valence-corrected chi connectivity index (χ4v) is 3.81. The molecule has 0 fully saturated rings. The van der Waals surface area contributed by atoms with Gasteiger partial charge in [0.2, 0.25) is 11.0 Å². The number of nitrogens with one attached hydrogen (secondary N) is 1. The molecule has 2 aromatic heterocycles. The second-order valence-electron chi connectivity index (χ2n) is 3.37. The van der Waals surface area contributed by atoms with Crippen molar-refractivity contribution in [3.8, 4) is 0 Å². The molecular formula is C10H10ClN3OS3. The zero-order valence-electron chi connectivity index (χ0n) is 9.47. The number of halogens is 1. The van der Waals surface area contributed by atoms with Gasteiger partial charge in [-0.3, -0.25) is 10.1 Å². The van der Waals surface area contributed by atoms with Crippen molar-refractivity contribution in [1.82, 2.24) is 10.2 Å². The van der Waals surface area contributed by atoms with Crippen molar-refractivity contribution in [2.75, 3.05) is 11.1 Å². The summed E-state index contributed by atoms with van der Waals surface area (Å²) in [7, 11) is 0. The number of thiophene rings is 1. The quantitative estimate of drug-likeness (QED) is 0.917. The monoisotopic (exact) mass is 319 g/mol. The summed E-state index contributed by atoms with van der Waals surface area (Å²) in [5.74, 6) is 1.13. The van der Waals surface area contributed by atoms with Crippen LogP contribution in [-0.2, 0) is 10.5 Å². The Morgan fingerprint density at radius 2 is 2.28 bits per heavy atom. The van der Waals surface area contributed by atoms with Crippen molar-refractivity contribution >= 4 is 57.1 Å². The Hall–Kier alpha value is -0.630. The predicted octanol–water partition coefficient (Wildman–Crippen LogP) is 3.43. The van der Waals surface area contributed by atoms with Gasteiger partial charge in [-0.05, 0) is 19.1 Å². The number of hydrogen-bond acceptors (Lipinski definition) is 6. The molecule has 0 spiro atoms. The molecule has 0 atom stereocenters. The summed E-state index contributed by atoms with van der Waals surface area (Å²) >= 11 is 10.3. The normalized spacial score (nSPS) is 10.6. The fourth-order valence-electron chi connectivity index (χ4n) is 1.18. The van der Waals surface area contributed by atoms with Gasteiger partial charge >= 0.3 is 0 Å². The number of amides is 1. The molecule has 0 saturated heterocycles. The van der Waals surface area contributed by atoms with Gasteiger partial charge in [0.25, 0.3) is 0 Å². The van der Waals surface area contributed by atoms with Crippen LogP contribution in [0.15, 0.2) is 12.1 Å². The third-order valence-electron chi connectivity index (χ3n) is 1.88. The highest BCUT2D eigenvalue weighted by Gasteiger charge is 2.07. The van der Waals surface area contributed by atoms with Crippen LogP contribution in [0.1, 0.15) is 9.88 Å². The van der Waals surface area contributed by atoms with Crippen molar-refractivity contribution in [3.05, 3.63) is 26.4 Å². The molecule has 4 nitrogen and oxygen atoms in total. The summed E-state index contributed by atoms with van der Waals surface area (Å²) in [6.45, 7) is 1.85. The molecule has 2 heterocycles. The molecule has 0 aliphatic heterocycles. The molecule has 0 saturated carbocycles. The number of anilines is 1. The van der Waals surface area contributed by atoms with E-state index in [9.17, 15) is 4.79 Å². The van der Waals surface area contributed by atoms with Crippen molar-refractivity contribution in [2.45, 2.75) is 12.7 Å². The highest BCUT2D eigenvalue weighted by Crippen LogP contribution is 2.25. The number of nitrogens with zero attached hydrogens (tertiary/aromatic N) is 2. The molecule has 2 rings (SSSR count). The Morgan fingerprint density at radius 3 is 2.89 bits per heavy atom. The van der Waals surface area contributed by atoms with E-state index in [0.29, 0.717) is 10.9 Å². The van der Waals surface area contributed by atoms with Crippen LogP contribution in [0, 0.1) is 6.92 Å². The van der Waals surface area contributed by atoms with Crippen LogP contribution in [0.3, 0.4) is 0 Å². The number of carbonyl (C=O) groups is 1. The van der Waals surface area contributed by atoms with E-state index in [1.54, 1.807) is 11.8 Å². The second kappa shape index (κ2) is 6.51. The fraction of sp³-hybridized carbons (Fsp3) is 0.300. The third kappa shape index (κ3) is 4.24. The summed E-state index contributed by atoms with van der Waals surface area (Å²) in [6, 6.07) is 3.85. The number of rotatable bonds is 5. The minimum Gasteiger partial charge on any atom is -0.300 e. The van der Waals surface area contributed by atoms with E-state index in [1.165, 1.54) is 27.6 Å². The Morgan fingerprint density at radius 1 is 1.44 bits per heavy atom. The number of aryl methyl sites for hydroxylation is 1. The Kier molecular flexibility index (Phi) is 4.99. The van der Waals surface area contributed by atoms with Crippen LogP contribution in [-0.4, -0.2) is 21.9 Å². The van der Waals surface area contributed by atoms with Gasteiger partial charge in [0.15, 0.2) is 0 Å². The average Bonchev–Trinajstić information content (AvgIpc) is 2.88.